The number of benzene rings is 1. The molecule has 1 aliphatic rings. The van der Waals surface area contributed by atoms with E-state index in [2.05, 4.69) is 25.8 Å². The number of amides is 1. The summed E-state index contributed by atoms with van der Waals surface area (Å²) in [5, 5.41) is 9.04. The minimum atomic E-state index is -0.200. The summed E-state index contributed by atoms with van der Waals surface area (Å²) in [6.45, 7) is 2.62. The van der Waals surface area contributed by atoms with E-state index in [-0.39, 0.29) is 24.1 Å². The zero-order valence-electron chi connectivity index (χ0n) is 18.4. The number of nitrogens with zero attached hydrogens (tertiary/aromatic N) is 5. The van der Waals surface area contributed by atoms with Crippen molar-refractivity contribution in [1.29, 1.82) is 0 Å². The highest BCUT2D eigenvalue weighted by molar-refractivity contribution is 5.77. The van der Waals surface area contributed by atoms with Gasteiger partial charge in [0.2, 0.25) is 0 Å². The van der Waals surface area contributed by atoms with Crippen LogP contribution in [0.25, 0.3) is 11.4 Å². The lowest BCUT2D eigenvalue weighted by atomic mass is 10.1. The predicted molar refractivity (Wildman–Crippen MR) is 122 cm³/mol. The van der Waals surface area contributed by atoms with Crippen LogP contribution in [0, 0.1) is 0 Å². The van der Waals surface area contributed by atoms with E-state index in [1.165, 1.54) is 23.1 Å². The Balaban J connectivity index is 1.47. The Kier molecular flexibility index (Phi) is 6.75. The van der Waals surface area contributed by atoms with Gasteiger partial charge in [0.1, 0.15) is 0 Å². The minimum Gasteiger partial charge on any atom is -0.481 e. The molecule has 170 valence electrons. The van der Waals surface area contributed by atoms with Crippen LogP contribution < -0.4 is 21.0 Å². The van der Waals surface area contributed by atoms with Gasteiger partial charge in [-0.2, -0.15) is 5.10 Å². The molecule has 1 aliphatic heterocycles. The first-order valence-corrected chi connectivity index (χ1v) is 10.6. The van der Waals surface area contributed by atoms with E-state index >= 15 is 0 Å². The van der Waals surface area contributed by atoms with Gasteiger partial charge in [-0.05, 0) is 30.7 Å². The van der Waals surface area contributed by atoms with Crippen LogP contribution in [-0.4, -0.2) is 50.9 Å². The number of rotatable bonds is 8. The molecular formula is C23H25N7O3. The lowest BCUT2D eigenvalue weighted by Crippen LogP contribution is -2.30. The predicted octanol–water partition coefficient (Wildman–Crippen LogP) is 1.27. The van der Waals surface area contributed by atoms with Crippen LogP contribution >= 0.6 is 0 Å². The third-order valence-electron chi connectivity index (χ3n) is 4.94. The van der Waals surface area contributed by atoms with Gasteiger partial charge in [-0.15, -0.1) is 0 Å². The Labute approximate surface area is 190 Å². The van der Waals surface area contributed by atoms with Crippen molar-refractivity contribution in [2.45, 2.75) is 19.5 Å². The number of hydrazine groups is 1. The second-order valence-electron chi connectivity index (χ2n) is 7.50. The fourth-order valence-electron chi connectivity index (χ4n) is 3.35. The molecule has 1 amide bonds. The topological polar surface area (TPSA) is 114 Å². The number of nitrogens with one attached hydrogen (secondary N) is 2. The number of ether oxygens (including phenoxy) is 1. The molecule has 4 rings (SSSR count). The monoisotopic (exact) mass is 447 g/mol. The highest BCUT2D eigenvalue weighted by atomic mass is 16.5. The fourth-order valence-corrected chi connectivity index (χ4v) is 3.35. The van der Waals surface area contributed by atoms with Crippen molar-refractivity contribution in [2.24, 2.45) is 0 Å². The van der Waals surface area contributed by atoms with Gasteiger partial charge in [0.25, 0.3) is 11.5 Å². The van der Waals surface area contributed by atoms with Crippen molar-refractivity contribution in [3.8, 4) is 17.1 Å². The highest BCUT2D eigenvalue weighted by Gasteiger charge is 2.17. The number of carbonyl (C=O) groups is 1. The molecule has 1 unspecified atom stereocenters. The summed E-state index contributed by atoms with van der Waals surface area (Å²) in [7, 11) is 1.90. The molecule has 3 aromatic rings. The SMILES string of the molecule is CCNC(=O)COc1cnc(-c2cccc(Cn3nc(C4C=CN(C)N4)ccc3=O)c2)nc1. The van der Waals surface area contributed by atoms with Crippen LogP contribution in [-0.2, 0) is 11.3 Å². The van der Waals surface area contributed by atoms with Gasteiger partial charge >= 0.3 is 0 Å². The fraction of sp³-hybridized carbons (Fsp3) is 0.261. The van der Waals surface area contributed by atoms with Crippen LogP contribution in [0.1, 0.15) is 24.2 Å². The summed E-state index contributed by atoms with van der Waals surface area (Å²) in [6, 6.07) is 10.8. The number of hydrogen-bond donors (Lipinski definition) is 2. The molecule has 10 nitrogen and oxygen atoms in total. The standard InChI is InChI=1S/C23H25N7O3/c1-3-24-21(31)15-33-18-12-25-23(26-13-18)17-6-4-5-16(11-17)14-30-22(32)8-7-19(28-30)20-9-10-29(2)27-20/h4-13,20,27H,3,14-15H2,1-2H3,(H,24,31). The molecule has 2 aromatic heterocycles. The van der Waals surface area contributed by atoms with Crippen LogP contribution in [0.3, 0.4) is 0 Å². The molecule has 1 aromatic carbocycles. The second-order valence-corrected chi connectivity index (χ2v) is 7.50. The Bertz CT molecular complexity index is 1210. The number of aromatic nitrogens is 4. The van der Waals surface area contributed by atoms with Crippen LogP contribution in [0.5, 0.6) is 5.75 Å². The zero-order valence-corrected chi connectivity index (χ0v) is 18.4. The lowest BCUT2D eigenvalue weighted by molar-refractivity contribution is -0.122. The van der Waals surface area contributed by atoms with Crippen LogP contribution in [0.2, 0.25) is 0 Å². The lowest BCUT2D eigenvalue weighted by Gasteiger charge is -2.15. The Morgan fingerprint density at radius 1 is 1.21 bits per heavy atom. The first kappa shape index (κ1) is 22.2. The van der Waals surface area contributed by atoms with E-state index in [0.717, 1.165) is 16.8 Å². The first-order valence-electron chi connectivity index (χ1n) is 10.6. The van der Waals surface area contributed by atoms with Crippen molar-refractivity contribution in [3.05, 3.63) is 82.7 Å². The van der Waals surface area contributed by atoms with Gasteiger partial charge in [0, 0.05) is 31.4 Å². The van der Waals surface area contributed by atoms with Crippen LogP contribution in [0.4, 0.5) is 0 Å². The van der Waals surface area contributed by atoms with Crippen LogP contribution in [0.15, 0.2) is 65.9 Å². The first-order chi connectivity index (χ1) is 16.0. The summed E-state index contributed by atoms with van der Waals surface area (Å²) in [6.07, 6.45) is 6.96. The van der Waals surface area contributed by atoms with E-state index in [9.17, 15) is 9.59 Å². The summed E-state index contributed by atoms with van der Waals surface area (Å²) in [4.78, 5) is 32.6. The molecule has 3 heterocycles. The molecule has 0 aliphatic carbocycles. The van der Waals surface area contributed by atoms with E-state index < -0.39 is 0 Å². The molecule has 0 bridgehead atoms. The average Bonchev–Trinajstić information content (AvgIpc) is 3.26. The van der Waals surface area contributed by atoms with Crippen molar-refractivity contribution in [1.82, 2.24) is 35.5 Å². The highest BCUT2D eigenvalue weighted by Crippen LogP contribution is 2.19. The maximum absolute atomic E-state index is 12.4. The van der Waals surface area contributed by atoms with E-state index in [0.29, 0.717) is 24.7 Å². The molecule has 0 fully saturated rings. The number of likely N-dealkylation sites (N-methyl/N-ethyl adjacent to an activating group) is 1. The van der Waals surface area contributed by atoms with Gasteiger partial charge in [0.15, 0.2) is 18.2 Å². The molecule has 0 radical (unpaired) electrons. The quantitative estimate of drug-likeness (QED) is 0.531. The molecule has 10 heteroatoms. The zero-order chi connectivity index (χ0) is 23.2. The van der Waals surface area contributed by atoms with Gasteiger partial charge in [-0.25, -0.2) is 20.1 Å². The van der Waals surface area contributed by atoms with Gasteiger partial charge in [-0.3, -0.25) is 9.59 Å². The van der Waals surface area contributed by atoms with Gasteiger partial charge in [0.05, 0.1) is 30.7 Å². The second kappa shape index (κ2) is 10.0. The van der Waals surface area contributed by atoms with Crippen molar-refractivity contribution in [2.75, 3.05) is 20.2 Å². The van der Waals surface area contributed by atoms with Gasteiger partial charge < -0.3 is 15.1 Å². The van der Waals surface area contributed by atoms with E-state index in [4.69, 9.17) is 4.74 Å². The Morgan fingerprint density at radius 2 is 2.03 bits per heavy atom. The molecule has 33 heavy (non-hydrogen) atoms. The number of hydrogen-bond acceptors (Lipinski definition) is 8. The normalized spacial score (nSPS) is 15.0. The summed E-state index contributed by atoms with van der Waals surface area (Å²) < 4.78 is 6.84. The smallest absolute Gasteiger partial charge is 0.267 e. The Morgan fingerprint density at radius 3 is 2.76 bits per heavy atom. The molecule has 0 spiro atoms. The maximum atomic E-state index is 12.4. The number of carbonyl (C=O) groups excluding carboxylic acids is 1. The maximum Gasteiger partial charge on any atom is 0.267 e. The van der Waals surface area contributed by atoms with E-state index in [1.54, 1.807) is 6.07 Å². The molecule has 0 saturated carbocycles. The van der Waals surface area contributed by atoms with Crippen molar-refractivity contribution >= 4 is 5.91 Å². The molecule has 2 N–H and O–H groups in total. The Hall–Kier alpha value is -4.05. The molecular weight excluding hydrogens is 422 g/mol. The minimum absolute atomic E-state index is 0.0737. The van der Waals surface area contributed by atoms with Gasteiger partial charge in [-0.1, -0.05) is 18.2 Å². The van der Waals surface area contributed by atoms with E-state index in [1.807, 2.05) is 55.5 Å². The van der Waals surface area contributed by atoms with Crippen molar-refractivity contribution in [3.63, 3.8) is 0 Å². The summed E-state index contributed by atoms with van der Waals surface area (Å²) >= 11 is 0. The van der Waals surface area contributed by atoms with Crippen molar-refractivity contribution < 1.29 is 9.53 Å². The summed E-state index contributed by atoms with van der Waals surface area (Å²) in [5.41, 5.74) is 5.51. The largest absolute Gasteiger partial charge is 0.481 e. The third kappa shape index (κ3) is 5.60. The summed E-state index contributed by atoms with van der Waals surface area (Å²) in [5.74, 6) is 0.725. The molecule has 0 saturated heterocycles. The third-order valence-corrected chi connectivity index (χ3v) is 4.94. The molecule has 1 atom stereocenters. The average molecular weight is 447 g/mol.